The van der Waals surface area contributed by atoms with Gasteiger partial charge in [0.05, 0.1) is 0 Å². The molecular formula is C16H14N3O5P. The molecule has 0 amide bonds. The highest BCUT2D eigenvalue weighted by atomic mass is 31.2. The molecule has 0 aliphatic carbocycles. The van der Waals surface area contributed by atoms with Crippen molar-refractivity contribution < 1.29 is 23.3 Å². The number of nitriles is 1. The van der Waals surface area contributed by atoms with E-state index in [0.717, 1.165) is 10.8 Å². The number of fused-ring (bicyclic) bond motifs is 1. The quantitative estimate of drug-likeness (QED) is 0.527. The van der Waals surface area contributed by atoms with Crippen molar-refractivity contribution in [3.63, 3.8) is 0 Å². The summed E-state index contributed by atoms with van der Waals surface area (Å²) in [6, 6.07) is 15.2. The minimum atomic E-state index is -4.63. The summed E-state index contributed by atoms with van der Waals surface area (Å²) in [5.41, 5.74) is 0.713. The van der Waals surface area contributed by atoms with Crippen molar-refractivity contribution in [3.8, 4) is 17.5 Å². The normalized spacial score (nSPS) is 11.4. The molecule has 2 aromatic carbocycles. The summed E-state index contributed by atoms with van der Waals surface area (Å²) in [6.07, 6.45) is 0. The molecule has 2 N–H and O–H groups in total. The van der Waals surface area contributed by atoms with Gasteiger partial charge in [-0.1, -0.05) is 36.4 Å². The lowest BCUT2D eigenvalue weighted by Gasteiger charge is -2.15. The molecule has 128 valence electrons. The predicted octanol–water partition coefficient (Wildman–Crippen LogP) is 2.87. The molecule has 0 bridgehead atoms. The van der Waals surface area contributed by atoms with E-state index in [1.165, 1.54) is 11.9 Å². The molecule has 0 radical (unpaired) electrons. The number of nitrogens with zero attached hydrogens (tertiary/aromatic N) is 3. The van der Waals surface area contributed by atoms with Gasteiger partial charge >= 0.3 is 7.82 Å². The molecule has 3 rings (SSSR count). The number of benzene rings is 2. The Bertz CT molecular complexity index is 999. The summed E-state index contributed by atoms with van der Waals surface area (Å²) in [5, 5.41) is 11.2. The summed E-state index contributed by atoms with van der Waals surface area (Å²) < 4.78 is 20.9. The molecule has 0 aliphatic rings. The van der Waals surface area contributed by atoms with Gasteiger partial charge in [-0.05, 0) is 16.8 Å². The van der Waals surface area contributed by atoms with Crippen molar-refractivity contribution in [2.24, 2.45) is 0 Å². The highest BCUT2D eigenvalue weighted by molar-refractivity contribution is 7.46. The molecule has 0 fully saturated rings. The fraction of sp³-hybridized carbons (Fsp3) is 0.125. The van der Waals surface area contributed by atoms with E-state index in [9.17, 15) is 9.83 Å². The smallest absolute Gasteiger partial charge is 0.419 e. The second-order valence-electron chi connectivity index (χ2n) is 5.26. The van der Waals surface area contributed by atoms with Crippen LogP contribution in [0.2, 0.25) is 0 Å². The van der Waals surface area contributed by atoms with Crippen molar-refractivity contribution in [1.29, 1.82) is 5.26 Å². The lowest BCUT2D eigenvalue weighted by molar-refractivity contribution is 0.197. The second-order valence-corrected chi connectivity index (χ2v) is 6.50. The molecule has 0 unspecified atom stereocenters. The zero-order chi connectivity index (χ0) is 18.0. The van der Waals surface area contributed by atoms with Gasteiger partial charge in [-0.15, -0.1) is 0 Å². The zero-order valence-electron chi connectivity index (χ0n) is 13.2. The number of hydrogen-bond acceptors (Lipinski definition) is 6. The van der Waals surface area contributed by atoms with E-state index in [1.807, 2.05) is 48.5 Å². The molecule has 25 heavy (non-hydrogen) atoms. The van der Waals surface area contributed by atoms with Gasteiger partial charge < -0.3 is 19.1 Å². The van der Waals surface area contributed by atoms with E-state index in [-0.39, 0.29) is 17.5 Å². The van der Waals surface area contributed by atoms with Crippen LogP contribution in [0.3, 0.4) is 0 Å². The van der Waals surface area contributed by atoms with Crippen LogP contribution in [0.15, 0.2) is 46.9 Å². The van der Waals surface area contributed by atoms with E-state index in [4.69, 9.17) is 14.2 Å². The number of oxazole rings is 1. The third-order valence-electron chi connectivity index (χ3n) is 3.50. The molecular weight excluding hydrogens is 345 g/mol. The van der Waals surface area contributed by atoms with E-state index in [1.54, 1.807) is 0 Å². The highest BCUT2D eigenvalue weighted by Crippen LogP contribution is 2.37. The maximum absolute atomic E-state index is 10.8. The Hall–Kier alpha value is -2.69. The number of hydrogen-bond donors (Lipinski definition) is 2. The SMILES string of the molecule is CN(COP(=O)(O)O)c1oc(-c2cccc3ccccc23)nc1C#N. The van der Waals surface area contributed by atoms with Crippen LogP contribution in [0.1, 0.15) is 5.69 Å². The molecule has 3 aromatic rings. The molecule has 9 heteroatoms. The topological polar surface area (TPSA) is 120 Å². The molecule has 1 heterocycles. The Balaban J connectivity index is 2.00. The number of anilines is 1. The van der Waals surface area contributed by atoms with Gasteiger partial charge in [-0.3, -0.25) is 4.52 Å². The number of aromatic nitrogens is 1. The van der Waals surface area contributed by atoms with Crippen LogP contribution >= 0.6 is 7.82 Å². The summed E-state index contributed by atoms with van der Waals surface area (Å²) >= 11 is 0. The third-order valence-corrected chi connectivity index (χ3v) is 3.95. The predicted molar refractivity (Wildman–Crippen MR) is 90.6 cm³/mol. The first kappa shape index (κ1) is 17.1. The molecule has 0 saturated carbocycles. The van der Waals surface area contributed by atoms with Crippen LogP contribution in [0, 0.1) is 11.3 Å². The van der Waals surface area contributed by atoms with Gasteiger partial charge in [-0.2, -0.15) is 10.2 Å². The van der Waals surface area contributed by atoms with Gasteiger partial charge in [0, 0.05) is 12.6 Å². The summed E-state index contributed by atoms with van der Waals surface area (Å²) in [5.74, 6) is 0.310. The number of phosphoric ester groups is 1. The number of rotatable bonds is 5. The molecule has 0 saturated heterocycles. The molecule has 1 aromatic heterocycles. The lowest BCUT2D eigenvalue weighted by atomic mass is 10.0. The van der Waals surface area contributed by atoms with Crippen molar-refractivity contribution in [2.45, 2.75) is 0 Å². The van der Waals surface area contributed by atoms with E-state index in [0.29, 0.717) is 5.56 Å². The van der Waals surface area contributed by atoms with E-state index >= 15 is 0 Å². The van der Waals surface area contributed by atoms with Gasteiger partial charge in [0.2, 0.25) is 17.5 Å². The third kappa shape index (κ3) is 3.71. The Morgan fingerprint density at radius 1 is 1.28 bits per heavy atom. The monoisotopic (exact) mass is 359 g/mol. The highest BCUT2D eigenvalue weighted by Gasteiger charge is 2.22. The first-order valence-electron chi connectivity index (χ1n) is 7.19. The zero-order valence-corrected chi connectivity index (χ0v) is 14.1. The van der Waals surface area contributed by atoms with Crippen molar-refractivity contribution in [2.75, 3.05) is 18.7 Å². The summed E-state index contributed by atoms with van der Waals surface area (Å²) in [7, 11) is -3.16. The first-order chi connectivity index (χ1) is 11.9. The van der Waals surface area contributed by atoms with Crippen LogP contribution in [0.25, 0.3) is 22.2 Å². The molecule has 8 nitrogen and oxygen atoms in total. The Morgan fingerprint density at radius 2 is 2.00 bits per heavy atom. The molecule has 0 spiro atoms. The van der Waals surface area contributed by atoms with Crippen LogP contribution in [0.5, 0.6) is 0 Å². The Kier molecular flexibility index (Phi) is 4.57. The van der Waals surface area contributed by atoms with Gasteiger partial charge in [0.15, 0.2) is 0 Å². The largest absolute Gasteiger partial charge is 0.471 e. The number of phosphoric acid groups is 1. The van der Waals surface area contributed by atoms with Gasteiger partial charge in [-0.25, -0.2) is 4.57 Å². The van der Waals surface area contributed by atoms with E-state index < -0.39 is 14.6 Å². The fourth-order valence-electron chi connectivity index (χ4n) is 2.39. The standard InChI is InChI=1S/C16H14N3O5P/c1-19(10-23-25(20,21)22)16-14(9-17)18-15(24-16)13-8-4-6-11-5-2-3-7-12(11)13/h2-8H,10H2,1H3,(H2,20,21,22). The van der Waals surface area contributed by atoms with Crippen molar-refractivity contribution in [1.82, 2.24) is 4.98 Å². The Morgan fingerprint density at radius 3 is 2.72 bits per heavy atom. The summed E-state index contributed by atoms with van der Waals surface area (Å²) in [4.78, 5) is 23.0. The van der Waals surface area contributed by atoms with Crippen LogP contribution in [0.4, 0.5) is 5.88 Å². The van der Waals surface area contributed by atoms with Crippen molar-refractivity contribution in [3.05, 3.63) is 48.2 Å². The van der Waals surface area contributed by atoms with Crippen LogP contribution in [-0.4, -0.2) is 28.5 Å². The first-order valence-corrected chi connectivity index (χ1v) is 8.72. The van der Waals surface area contributed by atoms with Gasteiger partial charge in [0.1, 0.15) is 12.8 Å². The van der Waals surface area contributed by atoms with Crippen LogP contribution in [-0.2, 0) is 9.09 Å². The van der Waals surface area contributed by atoms with Crippen molar-refractivity contribution >= 4 is 24.5 Å². The summed E-state index contributed by atoms with van der Waals surface area (Å²) in [6.45, 7) is -0.455. The van der Waals surface area contributed by atoms with Crippen LogP contribution < -0.4 is 4.90 Å². The maximum atomic E-state index is 10.8. The van der Waals surface area contributed by atoms with E-state index in [2.05, 4.69) is 9.51 Å². The maximum Gasteiger partial charge on any atom is 0.471 e. The second kappa shape index (κ2) is 6.67. The molecule has 0 aliphatic heterocycles. The lowest BCUT2D eigenvalue weighted by Crippen LogP contribution is -2.20. The minimum absolute atomic E-state index is 0.000235. The average molecular weight is 359 g/mol. The molecule has 0 atom stereocenters. The Labute approximate surface area is 143 Å². The minimum Gasteiger partial charge on any atom is -0.419 e. The average Bonchev–Trinajstić information content (AvgIpc) is 3.03. The van der Waals surface area contributed by atoms with Gasteiger partial charge in [0.25, 0.3) is 0 Å². The fourth-order valence-corrected chi connectivity index (χ4v) is 2.71.